The SMILES string of the molecule is C[NH+]=C(N)NCC(C)(C)n1nc(-c2ccc(C)cc2)c2c(N)ncnc21. The molecule has 3 rings (SSSR count). The van der Waals surface area contributed by atoms with E-state index in [1.54, 1.807) is 7.05 Å². The van der Waals surface area contributed by atoms with E-state index in [2.05, 4.69) is 53.2 Å². The molecule has 0 atom stereocenters. The molecule has 2 heterocycles. The van der Waals surface area contributed by atoms with Gasteiger partial charge in [-0.1, -0.05) is 29.8 Å². The van der Waals surface area contributed by atoms with E-state index in [1.165, 1.54) is 11.9 Å². The highest BCUT2D eigenvalue weighted by molar-refractivity contribution is 5.98. The number of nitrogens with two attached hydrogens (primary N) is 2. The minimum atomic E-state index is -0.399. The highest BCUT2D eigenvalue weighted by atomic mass is 15.4. The van der Waals surface area contributed by atoms with Gasteiger partial charge in [0, 0.05) is 5.56 Å². The summed E-state index contributed by atoms with van der Waals surface area (Å²) < 4.78 is 1.88. The van der Waals surface area contributed by atoms with Gasteiger partial charge in [-0.05, 0) is 20.8 Å². The van der Waals surface area contributed by atoms with E-state index in [-0.39, 0.29) is 0 Å². The summed E-state index contributed by atoms with van der Waals surface area (Å²) in [6, 6.07) is 8.17. The number of nitrogens with one attached hydrogen (secondary N) is 2. The molecule has 0 saturated heterocycles. The Balaban J connectivity index is 2.15. The summed E-state index contributed by atoms with van der Waals surface area (Å²) in [5, 5.41) is 8.76. The fourth-order valence-corrected chi connectivity index (χ4v) is 2.78. The Morgan fingerprint density at radius 3 is 2.58 bits per heavy atom. The van der Waals surface area contributed by atoms with Crippen molar-refractivity contribution in [2.24, 2.45) is 5.73 Å². The van der Waals surface area contributed by atoms with Crippen LogP contribution in [0.15, 0.2) is 30.6 Å². The van der Waals surface area contributed by atoms with Gasteiger partial charge in [0.2, 0.25) is 0 Å². The largest absolute Gasteiger partial charge is 0.383 e. The van der Waals surface area contributed by atoms with E-state index in [0.29, 0.717) is 24.0 Å². The number of aromatic nitrogens is 4. The fraction of sp³-hybridized carbons (Fsp3) is 0.333. The first-order valence-electron chi connectivity index (χ1n) is 8.44. The molecule has 1 aromatic carbocycles. The number of anilines is 1. The van der Waals surface area contributed by atoms with Gasteiger partial charge in [-0.3, -0.25) is 16.0 Å². The van der Waals surface area contributed by atoms with Crippen molar-refractivity contribution in [2.75, 3.05) is 19.3 Å². The van der Waals surface area contributed by atoms with E-state index in [1.807, 2.05) is 16.8 Å². The summed E-state index contributed by atoms with van der Waals surface area (Å²) in [5.74, 6) is 0.921. The van der Waals surface area contributed by atoms with Crippen LogP contribution in [0.3, 0.4) is 0 Å². The second-order valence-corrected chi connectivity index (χ2v) is 6.91. The normalized spacial score (nSPS) is 12.5. The van der Waals surface area contributed by atoms with Crippen LogP contribution in [-0.2, 0) is 5.54 Å². The average Bonchev–Trinajstić information content (AvgIpc) is 3.02. The van der Waals surface area contributed by atoms with Gasteiger partial charge in [0.15, 0.2) is 5.65 Å². The smallest absolute Gasteiger partial charge is 0.340 e. The van der Waals surface area contributed by atoms with Crippen LogP contribution in [0.1, 0.15) is 19.4 Å². The van der Waals surface area contributed by atoms with Gasteiger partial charge in [-0.2, -0.15) is 5.10 Å². The van der Waals surface area contributed by atoms with Gasteiger partial charge >= 0.3 is 5.96 Å². The Bertz CT molecular complexity index is 953. The summed E-state index contributed by atoms with van der Waals surface area (Å²) in [6.45, 7) is 6.74. The summed E-state index contributed by atoms with van der Waals surface area (Å²) in [4.78, 5) is 11.5. The molecular weight excluding hydrogens is 328 g/mol. The lowest BCUT2D eigenvalue weighted by Gasteiger charge is -2.24. The number of benzene rings is 1. The minimum absolute atomic E-state index is 0.399. The third kappa shape index (κ3) is 3.17. The lowest BCUT2D eigenvalue weighted by Crippen LogP contribution is -2.75. The van der Waals surface area contributed by atoms with Crippen LogP contribution in [0.5, 0.6) is 0 Å². The molecule has 0 spiro atoms. The third-order valence-electron chi connectivity index (χ3n) is 4.37. The summed E-state index contributed by atoms with van der Waals surface area (Å²) in [7, 11) is 1.77. The highest BCUT2D eigenvalue weighted by Crippen LogP contribution is 2.32. The van der Waals surface area contributed by atoms with Crippen molar-refractivity contribution in [1.82, 2.24) is 25.1 Å². The molecule has 26 heavy (non-hydrogen) atoms. The van der Waals surface area contributed by atoms with Crippen LogP contribution in [0.4, 0.5) is 5.82 Å². The number of fused-ring (bicyclic) bond motifs is 1. The molecular formula is C18H25N8+. The first kappa shape index (κ1) is 17.7. The van der Waals surface area contributed by atoms with Gasteiger partial charge in [0.25, 0.3) is 0 Å². The Kier molecular flexibility index (Phi) is 4.50. The number of nitrogens with zero attached hydrogens (tertiary/aromatic N) is 4. The predicted molar refractivity (Wildman–Crippen MR) is 103 cm³/mol. The summed E-state index contributed by atoms with van der Waals surface area (Å²) in [5.41, 5.74) is 15.2. The van der Waals surface area contributed by atoms with E-state index < -0.39 is 5.54 Å². The number of hydrogen-bond acceptors (Lipinski definition) is 4. The molecule has 8 heteroatoms. The Hall–Kier alpha value is -3.16. The molecule has 0 aliphatic rings. The lowest BCUT2D eigenvalue weighted by molar-refractivity contribution is -0.423. The Morgan fingerprint density at radius 1 is 1.23 bits per heavy atom. The monoisotopic (exact) mass is 353 g/mol. The second-order valence-electron chi connectivity index (χ2n) is 6.91. The maximum absolute atomic E-state index is 6.17. The number of nitrogen functional groups attached to an aromatic ring is 1. The zero-order chi connectivity index (χ0) is 18.9. The molecule has 0 aliphatic carbocycles. The van der Waals surface area contributed by atoms with Crippen molar-refractivity contribution in [2.45, 2.75) is 26.3 Å². The molecule has 3 aromatic rings. The number of guanidine groups is 1. The maximum Gasteiger partial charge on any atom is 0.340 e. The van der Waals surface area contributed by atoms with Crippen LogP contribution >= 0.6 is 0 Å². The number of rotatable bonds is 4. The first-order valence-corrected chi connectivity index (χ1v) is 8.44. The molecule has 0 aliphatic heterocycles. The van der Waals surface area contributed by atoms with Gasteiger partial charge in [-0.25, -0.2) is 14.6 Å². The standard InChI is InChI=1S/C18H24N8/c1-11-5-7-12(8-6-11)14-13-15(19)23-10-24-16(13)26(25-14)18(2,3)9-22-17(20)21-4/h5-8,10H,9H2,1-4H3,(H2,19,23,24)(H3,20,21,22)/p+1. The quantitative estimate of drug-likeness (QED) is 0.378. The van der Waals surface area contributed by atoms with Crippen molar-refractivity contribution < 1.29 is 4.99 Å². The maximum atomic E-state index is 6.17. The summed E-state index contributed by atoms with van der Waals surface area (Å²) in [6.07, 6.45) is 1.46. The Morgan fingerprint density at radius 2 is 1.92 bits per heavy atom. The number of aryl methyl sites for hydroxylation is 1. The van der Waals surface area contributed by atoms with E-state index in [9.17, 15) is 0 Å². The fourth-order valence-electron chi connectivity index (χ4n) is 2.78. The number of hydrogen-bond donors (Lipinski definition) is 4. The minimum Gasteiger partial charge on any atom is -0.383 e. The molecule has 0 radical (unpaired) electrons. The zero-order valence-corrected chi connectivity index (χ0v) is 15.5. The van der Waals surface area contributed by atoms with Crippen LogP contribution in [0.2, 0.25) is 0 Å². The van der Waals surface area contributed by atoms with Crippen molar-refractivity contribution in [3.63, 3.8) is 0 Å². The highest BCUT2D eigenvalue weighted by Gasteiger charge is 2.29. The van der Waals surface area contributed by atoms with Crippen molar-refractivity contribution in [3.8, 4) is 11.3 Å². The van der Waals surface area contributed by atoms with E-state index >= 15 is 0 Å². The topological polar surface area (TPSA) is 122 Å². The van der Waals surface area contributed by atoms with Gasteiger partial charge < -0.3 is 5.73 Å². The molecule has 8 nitrogen and oxygen atoms in total. The van der Waals surface area contributed by atoms with Crippen molar-refractivity contribution in [3.05, 3.63) is 36.2 Å². The second kappa shape index (κ2) is 6.62. The third-order valence-corrected chi connectivity index (χ3v) is 4.37. The Labute approximate surface area is 152 Å². The van der Waals surface area contributed by atoms with Crippen LogP contribution < -0.4 is 21.8 Å². The van der Waals surface area contributed by atoms with Crippen molar-refractivity contribution in [1.29, 1.82) is 0 Å². The van der Waals surface area contributed by atoms with E-state index in [4.69, 9.17) is 16.6 Å². The zero-order valence-electron chi connectivity index (χ0n) is 15.5. The first-order chi connectivity index (χ1) is 12.3. The van der Waals surface area contributed by atoms with E-state index in [0.717, 1.165) is 16.6 Å². The molecule has 0 bridgehead atoms. The predicted octanol–water partition coefficient (Wildman–Crippen LogP) is -0.266. The van der Waals surface area contributed by atoms with Gasteiger partial charge in [-0.15, -0.1) is 0 Å². The average molecular weight is 353 g/mol. The molecule has 0 unspecified atom stereocenters. The molecule has 0 fully saturated rings. The van der Waals surface area contributed by atoms with Crippen LogP contribution in [0, 0.1) is 6.92 Å². The van der Waals surface area contributed by atoms with Gasteiger partial charge in [0.1, 0.15) is 17.8 Å². The van der Waals surface area contributed by atoms with Crippen molar-refractivity contribution >= 4 is 22.8 Å². The molecule has 2 aromatic heterocycles. The van der Waals surface area contributed by atoms with Gasteiger partial charge in [0.05, 0.1) is 24.5 Å². The molecule has 0 amide bonds. The van der Waals surface area contributed by atoms with Crippen LogP contribution in [0.25, 0.3) is 22.3 Å². The summed E-state index contributed by atoms with van der Waals surface area (Å²) >= 11 is 0. The molecule has 136 valence electrons. The molecule has 6 N–H and O–H groups in total. The molecule has 0 saturated carbocycles. The van der Waals surface area contributed by atoms with Crippen LogP contribution in [-0.4, -0.2) is 39.3 Å². The lowest BCUT2D eigenvalue weighted by atomic mass is 10.1.